The zero-order chi connectivity index (χ0) is 14.8. The minimum Gasteiger partial charge on any atom is -0.478 e. The van der Waals surface area contributed by atoms with Gasteiger partial charge in [-0.05, 0) is 49.8 Å². The summed E-state index contributed by atoms with van der Waals surface area (Å²) in [6.45, 7) is 0.657. The van der Waals surface area contributed by atoms with E-state index < -0.39 is 5.97 Å². The van der Waals surface area contributed by atoms with E-state index in [9.17, 15) is 9.59 Å². The number of allylic oxidation sites excluding steroid dienone is 1. The first-order chi connectivity index (χ1) is 10.1. The Labute approximate surface area is 124 Å². The second-order valence-electron chi connectivity index (χ2n) is 5.73. The molecule has 0 spiro atoms. The molecule has 3 rings (SSSR count). The first kappa shape index (κ1) is 13.9. The highest BCUT2D eigenvalue weighted by molar-refractivity contribution is 5.98. The van der Waals surface area contributed by atoms with Crippen molar-refractivity contribution in [2.24, 2.45) is 0 Å². The number of carboxylic acid groups (broad SMARTS) is 1. The number of fused-ring (bicyclic) bond motifs is 1. The molecule has 2 aliphatic rings. The Balaban J connectivity index is 1.79. The highest BCUT2D eigenvalue weighted by Crippen LogP contribution is 2.31. The molecule has 1 amide bonds. The number of hydrogen-bond acceptors (Lipinski definition) is 2. The monoisotopic (exact) mass is 285 g/mol. The quantitative estimate of drug-likeness (QED) is 0.868. The molecule has 0 unspecified atom stereocenters. The summed E-state index contributed by atoms with van der Waals surface area (Å²) >= 11 is 0. The minimum atomic E-state index is -0.952. The van der Waals surface area contributed by atoms with Crippen molar-refractivity contribution in [1.82, 2.24) is 0 Å². The van der Waals surface area contributed by atoms with E-state index in [1.165, 1.54) is 18.4 Å². The van der Waals surface area contributed by atoms with Crippen LogP contribution >= 0.6 is 0 Å². The van der Waals surface area contributed by atoms with E-state index in [4.69, 9.17) is 5.11 Å². The van der Waals surface area contributed by atoms with Gasteiger partial charge in [0.25, 0.3) is 0 Å². The second kappa shape index (κ2) is 5.72. The molecule has 1 aromatic carbocycles. The van der Waals surface area contributed by atoms with Crippen LogP contribution in [0.2, 0.25) is 0 Å². The lowest BCUT2D eigenvalue weighted by Gasteiger charge is -2.20. The third-order valence-corrected chi connectivity index (χ3v) is 4.29. The number of anilines is 1. The molecule has 1 aromatic rings. The molecule has 1 aliphatic carbocycles. The average molecular weight is 285 g/mol. The lowest BCUT2D eigenvalue weighted by atomic mass is 9.97. The van der Waals surface area contributed by atoms with Crippen molar-refractivity contribution in [3.8, 4) is 0 Å². The molecule has 0 aromatic heterocycles. The van der Waals surface area contributed by atoms with E-state index in [-0.39, 0.29) is 11.5 Å². The van der Waals surface area contributed by atoms with E-state index in [1.54, 1.807) is 17.0 Å². The van der Waals surface area contributed by atoms with Crippen LogP contribution < -0.4 is 4.90 Å². The molecule has 0 fully saturated rings. The Kier molecular flexibility index (Phi) is 3.78. The molecule has 21 heavy (non-hydrogen) atoms. The van der Waals surface area contributed by atoms with Crippen molar-refractivity contribution in [2.45, 2.75) is 38.5 Å². The summed E-state index contributed by atoms with van der Waals surface area (Å²) in [7, 11) is 0. The van der Waals surface area contributed by atoms with Crippen LogP contribution in [0.3, 0.4) is 0 Å². The minimum absolute atomic E-state index is 0.0874. The highest BCUT2D eigenvalue weighted by Gasteiger charge is 2.26. The van der Waals surface area contributed by atoms with Gasteiger partial charge in [-0.2, -0.15) is 0 Å². The smallest absolute Gasteiger partial charge is 0.335 e. The number of amides is 1. The van der Waals surface area contributed by atoms with Crippen LogP contribution in [0, 0.1) is 0 Å². The fraction of sp³-hybridized carbons (Fsp3) is 0.412. The van der Waals surface area contributed by atoms with E-state index in [2.05, 4.69) is 6.08 Å². The number of nitrogens with zero attached hydrogens (tertiary/aromatic N) is 1. The van der Waals surface area contributed by atoms with Crippen molar-refractivity contribution in [3.63, 3.8) is 0 Å². The maximum absolute atomic E-state index is 12.5. The normalized spacial score (nSPS) is 17.3. The maximum Gasteiger partial charge on any atom is 0.335 e. The predicted molar refractivity (Wildman–Crippen MR) is 80.6 cm³/mol. The van der Waals surface area contributed by atoms with Gasteiger partial charge in [-0.3, -0.25) is 4.79 Å². The third kappa shape index (κ3) is 2.84. The lowest BCUT2D eigenvalue weighted by molar-refractivity contribution is -0.117. The Morgan fingerprint density at radius 3 is 2.76 bits per heavy atom. The van der Waals surface area contributed by atoms with Gasteiger partial charge in [-0.25, -0.2) is 4.79 Å². The van der Waals surface area contributed by atoms with Gasteiger partial charge in [0.1, 0.15) is 0 Å². The van der Waals surface area contributed by atoms with Gasteiger partial charge < -0.3 is 10.0 Å². The molecule has 110 valence electrons. The van der Waals surface area contributed by atoms with E-state index in [1.807, 2.05) is 6.07 Å². The summed E-state index contributed by atoms with van der Waals surface area (Å²) in [5.41, 5.74) is 3.31. The van der Waals surface area contributed by atoms with Gasteiger partial charge in [0.15, 0.2) is 0 Å². The first-order valence-electron chi connectivity index (χ1n) is 7.49. The molecule has 1 heterocycles. The van der Waals surface area contributed by atoms with Crippen molar-refractivity contribution in [3.05, 3.63) is 41.0 Å². The van der Waals surface area contributed by atoms with Gasteiger partial charge in [0, 0.05) is 18.7 Å². The number of aromatic carboxylic acids is 1. The van der Waals surface area contributed by atoms with E-state index in [0.717, 1.165) is 30.5 Å². The molecule has 4 heteroatoms. The zero-order valence-electron chi connectivity index (χ0n) is 12.0. The summed E-state index contributed by atoms with van der Waals surface area (Å²) in [5, 5.41) is 9.09. The topological polar surface area (TPSA) is 57.6 Å². The molecular formula is C17H19NO3. The van der Waals surface area contributed by atoms with E-state index >= 15 is 0 Å². The van der Waals surface area contributed by atoms with Crippen molar-refractivity contribution >= 4 is 17.6 Å². The Morgan fingerprint density at radius 1 is 1.19 bits per heavy atom. The first-order valence-corrected chi connectivity index (χ1v) is 7.49. The summed E-state index contributed by atoms with van der Waals surface area (Å²) < 4.78 is 0. The molecule has 1 aliphatic heterocycles. The molecular weight excluding hydrogens is 266 g/mol. The fourth-order valence-corrected chi connectivity index (χ4v) is 3.13. The van der Waals surface area contributed by atoms with Crippen LogP contribution in [0.4, 0.5) is 5.69 Å². The van der Waals surface area contributed by atoms with Gasteiger partial charge in [-0.1, -0.05) is 17.7 Å². The van der Waals surface area contributed by atoms with Gasteiger partial charge >= 0.3 is 5.97 Å². The second-order valence-corrected chi connectivity index (χ2v) is 5.73. The van der Waals surface area contributed by atoms with Crippen LogP contribution in [0.15, 0.2) is 29.8 Å². The SMILES string of the molecule is O=C(O)c1ccc2c(c1)N(C(=O)CC1=CCCCC1)CC2. The number of carboxylic acids is 1. The highest BCUT2D eigenvalue weighted by atomic mass is 16.4. The van der Waals surface area contributed by atoms with Crippen molar-refractivity contribution < 1.29 is 14.7 Å². The molecule has 0 radical (unpaired) electrons. The number of hydrogen-bond donors (Lipinski definition) is 1. The molecule has 1 N–H and O–H groups in total. The van der Waals surface area contributed by atoms with Crippen molar-refractivity contribution in [2.75, 3.05) is 11.4 Å². The van der Waals surface area contributed by atoms with Crippen LogP contribution in [0.5, 0.6) is 0 Å². The van der Waals surface area contributed by atoms with Crippen molar-refractivity contribution in [1.29, 1.82) is 0 Å². The van der Waals surface area contributed by atoms with E-state index in [0.29, 0.717) is 13.0 Å². The molecule has 0 saturated heterocycles. The average Bonchev–Trinajstić information content (AvgIpc) is 2.91. The molecule has 0 saturated carbocycles. The van der Waals surface area contributed by atoms with Gasteiger partial charge in [0.05, 0.1) is 5.56 Å². The summed E-state index contributed by atoms with van der Waals surface area (Å²) in [5.74, 6) is -0.864. The Bertz CT molecular complexity index is 618. The number of carbonyl (C=O) groups excluding carboxylic acids is 1. The zero-order valence-corrected chi connectivity index (χ0v) is 12.0. The third-order valence-electron chi connectivity index (χ3n) is 4.29. The predicted octanol–water partition coefficient (Wildman–Crippen LogP) is 3.16. The number of carbonyl (C=O) groups is 2. The largest absolute Gasteiger partial charge is 0.478 e. The van der Waals surface area contributed by atoms with Gasteiger partial charge in [0.2, 0.25) is 5.91 Å². The summed E-state index contributed by atoms with van der Waals surface area (Å²) in [4.78, 5) is 25.3. The van der Waals surface area contributed by atoms with Crippen LogP contribution in [-0.2, 0) is 11.2 Å². The number of benzene rings is 1. The Morgan fingerprint density at radius 2 is 2.05 bits per heavy atom. The molecule has 0 bridgehead atoms. The lowest BCUT2D eigenvalue weighted by Crippen LogP contribution is -2.29. The molecule has 0 atom stereocenters. The van der Waals surface area contributed by atoms with Crippen LogP contribution in [-0.4, -0.2) is 23.5 Å². The standard InChI is InChI=1S/C17H19NO3/c19-16(10-12-4-2-1-3-5-12)18-9-8-13-6-7-14(17(20)21)11-15(13)18/h4,6-7,11H,1-3,5,8-10H2,(H,20,21). The molecule has 4 nitrogen and oxygen atoms in total. The Hall–Kier alpha value is -2.10. The van der Waals surface area contributed by atoms with Gasteiger partial charge in [-0.15, -0.1) is 0 Å². The van der Waals surface area contributed by atoms with Crippen LogP contribution in [0.1, 0.15) is 48.0 Å². The fourth-order valence-electron chi connectivity index (χ4n) is 3.13. The summed E-state index contributed by atoms with van der Waals surface area (Å²) in [6, 6.07) is 5.06. The van der Waals surface area contributed by atoms with Crippen LogP contribution in [0.25, 0.3) is 0 Å². The number of rotatable bonds is 3. The summed E-state index contributed by atoms with van der Waals surface area (Å²) in [6.07, 6.45) is 7.93. The maximum atomic E-state index is 12.5.